The number of rotatable bonds is 6. The Balaban J connectivity index is 1.43. The summed E-state index contributed by atoms with van der Waals surface area (Å²) in [5, 5.41) is 0. The van der Waals surface area contributed by atoms with Crippen molar-refractivity contribution in [1.82, 2.24) is 20.4 Å². The van der Waals surface area contributed by atoms with Crippen LogP contribution in [0.15, 0.2) is 24.3 Å². The highest BCUT2D eigenvalue weighted by Crippen LogP contribution is 2.15. The Bertz CT molecular complexity index is 798. The molecule has 2 amide bonds. The van der Waals surface area contributed by atoms with E-state index in [0.29, 0.717) is 12.4 Å². The first-order valence-corrected chi connectivity index (χ1v) is 9.27. The van der Waals surface area contributed by atoms with Gasteiger partial charge in [-0.3, -0.25) is 20.4 Å². The molecule has 1 aromatic heterocycles. The molecule has 0 radical (unpaired) electrons. The monoisotopic (exact) mass is 374 g/mol. The fourth-order valence-electron chi connectivity index (χ4n) is 3.04. The number of fused-ring (bicyclic) bond motifs is 1. The molecule has 1 saturated heterocycles. The summed E-state index contributed by atoms with van der Waals surface area (Å²) in [4.78, 5) is 28.6. The quantitative estimate of drug-likeness (QED) is 0.742. The normalized spacial score (nSPS) is 18.2. The van der Waals surface area contributed by atoms with Crippen molar-refractivity contribution in [2.24, 2.45) is 7.05 Å². The molecule has 2 atom stereocenters. The maximum absolute atomic E-state index is 12.1. The number of hydrogen-bond donors (Lipinski definition) is 2. The smallest absolute Gasteiger partial charge is 0.267 e. The van der Waals surface area contributed by atoms with E-state index in [9.17, 15) is 9.59 Å². The van der Waals surface area contributed by atoms with Crippen molar-refractivity contribution in [3.63, 3.8) is 0 Å². The summed E-state index contributed by atoms with van der Waals surface area (Å²) in [5.74, 6) is -0.115. The fraction of sp³-hybridized carbons (Fsp3) is 0.526. The second-order valence-corrected chi connectivity index (χ2v) is 6.75. The van der Waals surface area contributed by atoms with E-state index in [-0.39, 0.29) is 18.4 Å². The van der Waals surface area contributed by atoms with E-state index < -0.39 is 12.0 Å². The number of benzene rings is 1. The molecule has 3 rings (SSSR count). The van der Waals surface area contributed by atoms with Crippen molar-refractivity contribution >= 4 is 22.8 Å². The number of ether oxygens (including phenoxy) is 2. The molecule has 1 aliphatic heterocycles. The average Bonchev–Trinajstić information content (AvgIpc) is 3.00. The largest absolute Gasteiger partial charge is 0.376 e. The van der Waals surface area contributed by atoms with Crippen LogP contribution >= 0.6 is 0 Å². The number of amides is 2. The van der Waals surface area contributed by atoms with E-state index in [2.05, 4.69) is 15.8 Å². The lowest BCUT2D eigenvalue weighted by atomic mass is 10.1. The van der Waals surface area contributed by atoms with Gasteiger partial charge in [-0.05, 0) is 38.3 Å². The van der Waals surface area contributed by atoms with Crippen LogP contribution in [0.1, 0.15) is 32.0 Å². The second-order valence-electron chi connectivity index (χ2n) is 6.75. The summed E-state index contributed by atoms with van der Waals surface area (Å²) >= 11 is 0. The van der Waals surface area contributed by atoms with Gasteiger partial charge in [-0.2, -0.15) is 0 Å². The highest BCUT2D eigenvalue weighted by molar-refractivity contribution is 5.85. The highest BCUT2D eigenvalue weighted by atomic mass is 16.5. The topological polar surface area (TPSA) is 94.5 Å². The van der Waals surface area contributed by atoms with E-state index in [0.717, 1.165) is 36.9 Å². The second kappa shape index (κ2) is 8.96. The van der Waals surface area contributed by atoms with Gasteiger partial charge in [-0.15, -0.1) is 0 Å². The Morgan fingerprint density at radius 1 is 1.33 bits per heavy atom. The molecule has 146 valence electrons. The Morgan fingerprint density at radius 3 is 2.89 bits per heavy atom. The molecule has 0 saturated carbocycles. The van der Waals surface area contributed by atoms with Crippen LogP contribution in [0.25, 0.3) is 11.0 Å². The summed E-state index contributed by atoms with van der Waals surface area (Å²) in [6, 6.07) is 7.67. The Kier molecular flexibility index (Phi) is 6.41. The van der Waals surface area contributed by atoms with Gasteiger partial charge in [0.25, 0.3) is 5.91 Å². The molecular weight excluding hydrogens is 348 g/mol. The first-order valence-electron chi connectivity index (χ1n) is 9.27. The van der Waals surface area contributed by atoms with Crippen LogP contribution in [0.3, 0.4) is 0 Å². The summed E-state index contributed by atoms with van der Waals surface area (Å²) in [7, 11) is 1.86. The van der Waals surface area contributed by atoms with Crippen LogP contribution in [0.2, 0.25) is 0 Å². The molecule has 0 spiro atoms. The number of aryl methyl sites for hydroxylation is 1. The molecule has 2 N–H and O–H groups in total. The predicted molar refractivity (Wildman–Crippen MR) is 99.7 cm³/mol. The Hall–Kier alpha value is -2.45. The van der Waals surface area contributed by atoms with Crippen LogP contribution in [-0.4, -0.2) is 46.8 Å². The molecule has 0 bridgehead atoms. The number of imidazole rings is 1. The molecule has 1 aliphatic rings. The number of carbonyl (C=O) groups excluding carboxylic acids is 2. The van der Waals surface area contributed by atoms with E-state index in [1.165, 1.54) is 0 Å². The Labute approximate surface area is 158 Å². The van der Waals surface area contributed by atoms with Gasteiger partial charge < -0.3 is 14.0 Å². The first kappa shape index (κ1) is 19.3. The van der Waals surface area contributed by atoms with Crippen molar-refractivity contribution < 1.29 is 19.1 Å². The van der Waals surface area contributed by atoms with Crippen LogP contribution in [0, 0.1) is 0 Å². The summed E-state index contributed by atoms with van der Waals surface area (Å²) < 4.78 is 13.0. The maximum Gasteiger partial charge on any atom is 0.267 e. The zero-order valence-corrected chi connectivity index (χ0v) is 15.7. The van der Waals surface area contributed by atoms with Crippen molar-refractivity contribution in [3.05, 3.63) is 30.1 Å². The molecule has 0 aliphatic carbocycles. The molecule has 8 nitrogen and oxygen atoms in total. The minimum absolute atomic E-state index is 0.0427. The lowest BCUT2D eigenvalue weighted by Gasteiger charge is -2.23. The third-order valence-electron chi connectivity index (χ3n) is 4.70. The molecule has 1 fully saturated rings. The summed E-state index contributed by atoms with van der Waals surface area (Å²) in [6.45, 7) is 2.77. The summed E-state index contributed by atoms with van der Waals surface area (Å²) in [6.07, 6.45) is 2.57. The number of nitrogens with zero attached hydrogens (tertiary/aromatic N) is 2. The number of carbonyl (C=O) groups is 2. The van der Waals surface area contributed by atoms with Gasteiger partial charge in [0, 0.05) is 13.7 Å². The zero-order chi connectivity index (χ0) is 19.2. The Morgan fingerprint density at radius 2 is 2.15 bits per heavy atom. The highest BCUT2D eigenvalue weighted by Gasteiger charge is 2.19. The van der Waals surface area contributed by atoms with Crippen molar-refractivity contribution in [1.29, 1.82) is 0 Å². The van der Waals surface area contributed by atoms with E-state index >= 15 is 0 Å². The average molecular weight is 374 g/mol. The fourth-order valence-corrected chi connectivity index (χ4v) is 3.04. The van der Waals surface area contributed by atoms with Crippen molar-refractivity contribution in [2.45, 2.75) is 44.8 Å². The van der Waals surface area contributed by atoms with Gasteiger partial charge in [0.1, 0.15) is 11.9 Å². The molecule has 1 aromatic carbocycles. The first-order chi connectivity index (χ1) is 13.0. The van der Waals surface area contributed by atoms with Crippen LogP contribution in [0.4, 0.5) is 0 Å². The maximum atomic E-state index is 12.1. The molecule has 2 unspecified atom stereocenters. The van der Waals surface area contributed by atoms with Gasteiger partial charge in [0.2, 0.25) is 5.91 Å². The zero-order valence-electron chi connectivity index (χ0n) is 15.7. The van der Waals surface area contributed by atoms with Crippen LogP contribution in [-0.2, 0) is 32.5 Å². The molecule has 8 heteroatoms. The van der Waals surface area contributed by atoms with Crippen molar-refractivity contribution in [3.8, 4) is 0 Å². The standard InChI is InChI=1S/C19H26N4O4/c1-13(27-12-14-7-5-6-10-26-14)19(25)22-21-18(24)11-17-20-15-8-3-4-9-16(15)23(17)2/h3-4,8-9,13-14H,5-7,10-12H2,1-2H3,(H,21,24)(H,22,25). The van der Waals surface area contributed by atoms with E-state index in [1.807, 2.05) is 35.9 Å². The van der Waals surface area contributed by atoms with Gasteiger partial charge in [-0.1, -0.05) is 12.1 Å². The number of aromatic nitrogens is 2. The minimum atomic E-state index is -0.674. The SMILES string of the molecule is CC(OCC1CCCCO1)C(=O)NNC(=O)Cc1nc2ccccc2n1C. The van der Waals surface area contributed by atoms with Gasteiger partial charge in [0.05, 0.1) is 30.2 Å². The van der Waals surface area contributed by atoms with Crippen LogP contribution < -0.4 is 10.9 Å². The number of hydrazine groups is 1. The lowest BCUT2D eigenvalue weighted by molar-refractivity contribution is -0.139. The minimum Gasteiger partial charge on any atom is -0.376 e. The third-order valence-corrected chi connectivity index (χ3v) is 4.70. The molecule has 2 aromatic rings. The number of nitrogens with one attached hydrogen (secondary N) is 2. The van der Waals surface area contributed by atoms with Gasteiger partial charge in [0.15, 0.2) is 0 Å². The third kappa shape index (κ3) is 5.05. The predicted octanol–water partition coefficient (Wildman–Crippen LogP) is 1.24. The number of hydrogen-bond acceptors (Lipinski definition) is 5. The lowest BCUT2D eigenvalue weighted by Crippen LogP contribution is -2.47. The van der Waals surface area contributed by atoms with Crippen LogP contribution in [0.5, 0.6) is 0 Å². The van der Waals surface area contributed by atoms with E-state index in [1.54, 1.807) is 6.92 Å². The molecular formula is C19H26N4O4. The molecule has 2 heterocycles. The number of para-hydroxylation sites is 2. The molecule has 27 heavy (non-hydrogen) atoms. The van der Waals surface area contributed by atoms with Gasteiger partial charge in [-0.25, -0.2) is 4.98 Å². The van der Waals surface area contributed by atoms with Gasteiger partial charge >= 0.3 is 0 Å². The van der Waals surface area contributed by atoms with E-state index in [4.69, 9.17) is 9.47 Å². The summed E-state index contributed by atoms with van der Waals surface area (Å²) in [5.41, 5.74) is 6.61. The van der Waals surface area contributed by atoms with Crippen molar-refractivity contribution in [2.75, 3.05) is 13.2 Å².